The summed E-state index contributed by atoms with van der Waals surface area (Å²) in [4.78, 5) is 24.1. The largest absolute Gasteiger partial charge is 0.350 e. The number of pyridine rings is 1. The van der Waals surface area contributed by atoms with Crippen molar-refractivity contribution in [2.75, 3.05) is 5.32 Å². The third kappa shape index (κ3) is 2.60. The van der Waals surface area contributed by atoms with Gasteiger partial charge >= 0.3 is 5.69 Å². The molecule has 0 fully saturated rings. The lowest BCUT2D eigenvalue weighted by molar-refractivity contribution is -0.117. The van der Waals surface area contributed by atoms with Crippen LogP contribution in [-0.4, -0.2) is 20.1 Å². The minimum absolute atomic E-state index is 0.211. The zero-order valence-electron chi connectivity index (χ0n) is 11.8. The van der Waals surface area contributed by atoms with E-state index < -0.39 is 5.91 Å². The monoisotopic (exact) mass is 300 g/mol. The van der Waals surface area contributed by atoms with Gasteiger partial charge in [0.25, 0.3) is 0 Å². The normalized spacial score (nSPS) is 10.8. The van der Waals surface area contributed by atoms with Crippen molar-refractivity contribution in [2.24, 2.45) is 0 Å². The number of aromatic nitrogens is 3. The molecule has 6 nitrogen and oxygen atoms in total. The van der Waals surface area contributed by atoms with Gasteiger partial charge in [0.2, 0.25) is 5.91 Å². The molecule has 0 bridgehead atoms. The number of rotatable bonds is 3. The van der Waals surface area contributed by atoms with Crippen LogP contribution in [0.1, 0.15) is 5.56 Å². The van der Waals surface area contributed by atoms with Crippen molar-refractivity contribution in [1.82, 2.24) is 14.2 Å². The van der Waals surface area contributed by atoms with E-state index in [4.69, 9.17) is 0 Å². The highest BCUT2D eigenvalue weighted by molar-refractivity contribution is 5.91. The SMILES string of the molecule is Cc1cc(F)ccc1NC(=O)Cn1nc2ccccn2c1=O. The quantitative estimate of drug-likeness (QED) is 0.798. The molecule has 0 unspecified atom stereocenters. The Balaban J connectivity index is 1.81. The molecule has 1 amide bonds. The van der Waals surface area contributed by atoms with Gasteiger partial charge in [-0.1, -0.05) is 6.07 Å². The van der Waals surface area contributed by atoms with E-state index in [2.05, 4.69) is 10.4 Å². The zero-order chi connectivity index (χ0) is 15.7. The van der Waals surface area contributed by atoms with E-state index in [0.717, 1.165) is 4.68 Å². The number of aryl methyl sites for hydroxylation is 1. The Morgan fingerprint density at radius 2 is 2.14 bits per heavy atom. The molecule has 0 aliphatic rings. The maximum Gasteiger partial charge on any atom is 0.350 e. The molecule has 0 spiro atoms. The Hall–Kier alpha value is -2.96. The standard InChI is InChI=1S/C15H13FN4O2/c1-10-8-11(16)5-6-12(10)17-14(21)9-20-15(22)19-7-3-2-4-13(19)18-20/h2-8H,9H2,1H3,(H,17,21). The third-order valence-corrected chi connectivity index (χ3v) is 3.24. The molecule has 0 saturated carbocycles. The molecule has 7 heteroatoms. The third-order valence-electron chi connectivity index (χ3n) is 3.24. The van der Waals surface area contributed by atoms with Crippen molar-refractivity contribution in [2.45, 2.75) is 13.5 Å². The molecule has 2 aromatic heterocycles. The van der Waals surface area contributed by atoms with Crippen LogP contribution < -0.4 is 11.0 Å². The Kier molecular flexibility index (Phi) is 3.46. The molecular formula is C15H13FN4O2. The number of carbonyl (C=O) groups excluding carboxylic acids is 1. The summed E-state index contributed by atoms with van der Waals surface area (Å²) in [5.74, 6) is -0.771. The predicted molar refractivity (Wildman–Crippen MR) is 79.2 cm³/mol. The Labute approximate surface area is 124 Å². The summed E-state index contributed by atoms with van der Waals surface area (Å²) in [6.45, 7) is 1.48. The first-order valence-corrected chi connectivity index (χ1v) is 6.65. The first-order valence-electron chi connectivity index (χ1n) is 6.65. The second-order valence-electron chi connectivity index (χ2n) is 4.88. The van der Waals surface area contributed by atoms with Crippen LogP contribution in [0.2, 0.25) is 0 Å². The molecule has 0 saturated heterocycles. The van der Waals surface area contributed by atoms with Crippen LogP contribution in [0.15, 0.2) is 47.4 Å². The van der Waals surface area contributed by atoms with Gasteiger partial charge < -0.3 is 5.32 Å². The Morgan fingerprint density at radius 1 is 1.32 bits per heavy atom. The van der Waals surface area contributed by atoms with E-state index in [0.29, 0.717) is 16.9 Å². The average molecular weight is 300 g/mol. The lowest BCUT2D eigenvalue weighted by Gasteiger charge is -2.07. The van der Waals surface area contributed by atoms with Crippen molar-refractivity contribution in [3.63, 3.8) is 0 Å². The topological polar surface area (TPSA) is 68.4 Å². The lowest BCUT2D eigenvalue weighted by Crippen LogP contribution is -2.28. The number of nitrogens with zero attached hydrogens (tertiary/aromatic N) is 3. The molecule has 3 aromatic rings. The predicted octanol–water partition coefficient (Wildman–Crippen LogP) is 1.58. The number of halogens is 1. The summed E-state index contributed by atoms with van der Waals surface area (Å²) in [5, 5.41) is 6.72. The highest BCUT2D eigenvalue weighted by Crippen LogP contribution is 2.15. The van der Waals surface area contributed by atoms with Gasteiger partial charge in [0, 0.05) is 11.9 Å². The zero-order valence-corrected chi connectivity index (χ0v) is 11.8. The highest BCUT2D eigenvalue weighted by Gasteiger charge is 2.11. The lowest BCUT2D eigenvalue weighted by atomic mass is 10.2. The summed E-state index contributed by atoms with van der Waals surface area (Å²) in [6.07, 6.45) is 1.59. The maximum absolute atomic E-state index is 13.0. The van der Waals surface area contributed by atoms with Crippen LogP contribution in [-0.2, 0) is 11.3 Å². The summed E-state index contributed by atoms with van der Waals surface area (Å²) < 4.78 is 15.5. The highest BCUT2D eigenvalue weighted by atomic mass is 19.1. The molecule has 0 radical (unpaired) electrons. The summed E-state index contributed by atoms with van der Waals surface area (Å²) in [6, 6.07) is 9.22. The first kappa shape index (κ1) is 14.0. The fourth-order valence-electron chi connectivity index (χ4n) is 2.16. The molecule has 0 aliphatic carbocycles. The molecule has 22 heavy (non-hydrogen) atoms. The fraction of sp³-hybridized carbons (Fsp3) is 0.133. The molecule has 0 atom stereocenters. The van der Waals surface area contributed by atoms with Crippen molar-refractivity contribution < 1.29 is 9.18 Å². The number of anilines is 1. The van der Waals surface area contributed by atoms with Crippen LogP contribution in [0.5, 0.6) is 0 Å². The molecule has 112 valence electrons. The number of hydrogen-bond acceptors (Lipinski definition) is 3. The number of benzene rings is 1. The summed E-state index contributed by atoms with van der Waals surface area (Å²) in [7, 11) is 0. The van der Waals surface area contributed by atoms with E-state index in [1.165, 1.54) is 22.6 Å². The van der Waals surface area contributed by atoms with Gasteiger partial charge in [-0.05, 0) is 42.8 Å². The molecule has 1 aromatic carbocycles. The second kappa shape index (κ2) is 5.44. The van der Waals surface area contributed by atoms with Gasteiger partial charge in [0.15, 0.2) is 5.65 Å². The smallest absolute Gasteiger partial charge is 0.324 e. The Morgan fingerprint density at radius 3 is 2.86 bits per heavy atom. The van der Waals surface area contributed by atoms with Crippen LogP contribution in [0.4, 0.5) is 10.1 Å². The van der Waals surface area contributed by atoms with Gasteiger partial charge in [-0.2, -0.15) is 0 Å². The van der Waals surface area contributed by atoms with Crippen LogP contribution in [0.3, 0.4) is 0 Å². The molecule has 3 rings (SSSR count). The van der Waals surface area contributed by atoms with Crippen molar-refractivity contribution >= 4 is 17.2 Å². The van der Waals surface area contributed by atoms with E-state index in [1.54, 1.807) is 31.3 Å². The van der Waals surface area contributed by atoms with Gasteiger partial charge in [-0.25, -0.2) is 13.9 Å². The van der Waals surface area contributed by atoms with Gasteiger partial charge in [0.05, 0.1) is 0 Å². The summed E-state index contributed by atoms with van der Waals surface area (Å²) in [5.41, 5.74) is 1.19. The number of fused-ring (bicyclic) bond motifs is 1. The maximum atomic E-state index is 13.0. The van der Waals surface area contributed by atoms with Crippen molar-refractivity contribution in [3.8, 4) is 0 Å². The fourth-order valence-corrected chi connectivity index (χ4v) is 2.16. The van der Waals surface area contributed by atoms with Crippen LogP contribution in [0.25, 0.3) is 5.65 Å². The van der Waals surface area contributed by atoms with Gasteiger partial charge in [-0.3, -0.25) is 9.20 Å². The van der Waals surface area contributed by atoms with E-state index in [1.807, 2.05) is 0 Å². The molecule has 1 N–H and O–H groups in total. The number of hydrogen-bond donors (Lipinski definition) is 1. The molecule has 2 heterocycles. The van der Waals surface area contributed by atoms with Gasteiger partial charge in [-0.15, -0.1) is 5.10 Å². The average Bonchev–Trinajstić information content (AvgIpc) is 2.79. The summed E-state index contributed by atoms with van der Waals surface area (Å²) >= 11 is 0. The minimum atomic E-state index is -0.403. The van der Waals surface area contributed by atoms with Crippen molar-refractivity contribution in [1.29, 1.82) is 0 Å². The number of nitrogens with one attached hydrogen (secondary N) is 1. The first-order chi connectivity index (χ1) is 10.5. The number of carbonyl (C=O) groups is 1. The second-order valence-corrected chi connectivity index (χ2v) is 4.88. The minimum Gasteiger partial charge on any atom is -0.324 e. The van der Waals surface area contributed by atoms with Crippen LogP contribution >= 0.6 is 0 Å². The van der Waals surface area contributed by atoms with Crippen molar-refractivity contribution in [3.05, 3.63) is 64.5 Å². The van der Waals surface area contributed by atoms with Gasteiger partial charge in [0.1, 0.15) is 12.4 Å². The van der Waals surface area contributed by atoms with E-state index >= 15 is 0 Å². The van der Waals surface area contributed by atoms with E-state index in [-0.39, 0.29) is 18.1 Å². The van der Waals surface area contributed by atoms with E-state index in [9.17, 15) is 14.0 Å². The molecule has 0 aliphatic heterocycles. The Bertz CT molecular complexity index is 913. The molecular weight excluding hydrogens is 287 g/mol. The van der Waals surface area contributed by atoms with Crippen LogP contribution in [0, 0.1) is 12.7 Å². The number of amides is 1.